The van der Waals surface area contributed by atoms with E-state index in [-0.39, 0.29) is 4.90 Å². The minimum absolute atomic E-state index is 0.226. The van der Waals surface area contributed by atoms with Gasteiger partial charge in [-0.15, -0.1) is 0 Å². The molecule has 0 aliphatic rings. The Balaban J connectivity index is 3.33. The molecule has 1 unspecified atom stereocenters. The van der Waals surface area contributed by atoms with Crippen LogP contribution in [0, 0.1) is 20.8 Å². The zero-order valence-corrected chi connectivity index (χ0v) is 14.9. The molecule has 5 nitrogen and oxygen atoms in total. The highest BCUT2D eigenvalue weighted by atomic mass is 32.2. The van der Waals surface area contributed by atoms with Crippen LogP contribution in [0.25, 0.3) is 0 Å². The lowest BCUT2D eigenvalue weighted by molar-refractivity contribution is -0.147. The molecular weight excluding hydrogens is 302 g/mol. The first-order valence-corrected chi connectivity index (χ1v) is 8.76. The standard InChI is InChI=1S/C16H25NO4S/c1-7-8-16(5,15(18)21-6)17-22(19,20)14-12(3)9-11(2)10-13(14)4/h9-10,17H,7-8H2,1-6H3. The number of sulfonamides is 1. The Morgan fingerprint density at radius 1 is 1.23 bits per heavy atom. The Morgan fingerprint density at radius 3 is 2.14 bits per heavy atom. The van der Waals surface area contributed by atoms with Crippen LogP contribution in [0.1, 0.15) is 43.4 Å². The highest BCUT2D eigenvalue weighted by Gasteiger charge is 2.38. The molecule has 1 aromatic carbocycles. The van der Waals surface area contributed by atoms with Crippen LogP contribution in [-0.4, -0.2) is 27.0 Å². The summed E-state index contributed by atoms with van der Waals surface area (Å²) in [5, 5.41) is 0. The third-order valence-electron chi connectivity index (χ3n) is 3.62. The van der Waals surface area contributed by atoms with Gasteiger partial charge in [-0.1, -0.05) is 31.0 Å². The number of hydrogen-bond acceptors (Lipinski definition) is 4. The van der Waals surface area contributed by atoms with E-state index in [4.69, 9.17) is 4.74 Å². The molecule has 22 heavy (non-hydrogen) atoms. The summed E-state index contributed by atoms with van der Waals surface area (Å²) in [6.07, 6.45) is 1.02. The number of carbonyl (C=O) groups excluding carboxylic acids is 1. The monoisotopic (exact) mass is 327 g/mol. The van der Waals surface area contributed by atoms with Crippen molar-refractivity contribution in [3.05, 3.63) is 28.8 Å². The van der Waals surface area contributed by atoms with Gasteiger partial charge in [0.25, 0.3) is 0 Å². The first-order chi connectivity index (χ1) is 10.1. The average molecular weight is 327 g/mol. The van der Waals surface area contributed by atoms with E-state index in [1.807, 2.05) is 26.0 Å². The highest BCUT2D eigenvalue weighted by Crippen LogP contribution is 2.25. The van der Waals surface area contributed by atoms with E-state index in [1.165, 1.54) is 7.11 Å². The van der Waals surface area contributed by atoms with Gasteiger partial charge in [0, 0.05) is 0 Å². The van der Waals surface area contributed by atoms with E-state index < -0.39 is 21.5 Å². The molecule has 1 rings (SSSR count). The van der Waals surface area contributed by atoms with Crippen LogP contribution in [0.4, 0.5) is 0 Å². The molecule has 0 aromatic heterocycles. The molecule has 0 amide bonds. The van der Waals surface area contributed by atoms with Gasteiger partial charge in [0.15, 0.2) is 0 Å². The minimum atomic E-state index is -3.82. The van der Waals surface area contributed by atoms with Crippen LogP contribution < -0.4 is 4.72 Å². The normalized spacial score (nSPS) is 14.5. The Hall–Kier alpha value is -1.40. The molecule has 1 atom stereocenters. The van der Waals surface area contributed by atoms with E-state index in [2.05, 4.69) is 4.72 Å². The molecule has 1 N–H and O–H groups in total. The van der Waals surface area contributed by atoms with E-state index in [1.54, 1.807) is 20.8 Å². The van der Waals surface area contributed by atoms with Crippen molar-refractivity contribution in [3.63, 3.8) is 0 Å². The molecular formula is C16H25NO4S. The molecule has 0 aliphatic heterocycles. The lowest BCUT2D eigenvalue weighted by atomic mass is 9.98. The Labute approximate surface area is 133 Å². The Morgan fingerprint density at radius 2 is 1.73 bits per heavy atom. The first-order valence-electron chi connectivity index (χ1n) is 7.27. The summed E-state index contributed by atoms with van der Waals surface area (Å²) in [4.78, 5) is 12.2. The molecule has 0 bridgehead atoms. The number of esters is 1. The predicted molar refractivity (Wildman–Crippen MR) is 86.3 cm³/mol. The van der Waals surface area contributed by atoms with E-state index >= 15 is 0 Å². The number of benzene rings is 1. The van der Waals surface area contributed by atoms with Crippen molar-refractivity contribution < 1.29 is 17.9 Å². The van der Waals surface area contributed by atoms with Crippen molar-refractivity contribution >= 4 is 16.0 Å². The molecule has 0 saturated heterocycles. The quantitative estimate of drug-likeness (QED) is 0.815. The van der Waals surface area contributed by atoms with Gasteiger partial charge < -0.3 is 4.74 Å². The summed E-state index contributed by atoms with van der Waals surface area (Å²) >= 11 is 0. The number of ether oxygens (including phenoxy) is 1. The van der Waals surface area contributed by atoms with Crippen LogP contribution in [0.2, 0.25) is 0 Å². The maximum absolute atomic E-state index is 12.8. The summed E-state index contributed by atoms with van der Waals surface area (Å²) < 4.78 is 32.9. The summed E-state index contributed by atoms with van der Waals surface area (Å²) in [5.74, 6) is -0.583. The SMILES string of the molecule is CCCC(C)(NS(=O)(=O)c1c(C)cc(C)cc1C)C(=O)OC. The number of aryl methyl sites for hydroxylation is 3. The van der Waals surface area contributed by atoms with Crippen molar-refractivity contribution in [1.82, 2.24) is 4.72 Å². The molecule has 6 heteroatoms. The smallest absolute Gasteiger partial charge is 0.326 e. The van der Waals surface area contributed by atoms with Crippen molar-refractivity contribution in [3.8, 4) is 0 Å². The van der Waals surface area contributed by atoms with Gasteiger partial charge in [-0.2, -0.15) is 4.72 Å². The summed E-state index contributed by atoms with van der Waals surface area (Å²) in [6, 6.07) is 3.63. The zero-order chi connectivity index (χ0) is 17.1. The lowest BCUT2D eigenvalue weighted by Gasteiger charge is -2.28. The van der Waals surface area contributed by atoms with E-state index in [0.29, 0.717) is 24.0 Å². The largest absolute Gasteiger partial charge is 0.468 e. The third-order valence-corrected chi connectivity index (χ3v) is 5.52. The topological polar surface area (TPSA) is 72.5 Å². The third kappa shape index (κ3) is 3.87. The second-order valence-corrected chi connectivity index (χ2v) is 7.53. The van der Waals surface area contributed by atoms with Crippen LogP contribution >= 0.6 is 0 Å². The number of carbonyl (C=O) groups is 1. The molecule has 0 radical (unpaired) electrons. The molecule has 124 valence electrons. The van der Waals surface area contributed by atoms with Gasteiger partial charge in [-0.05, 0) is 45.2 Å². The predicted octanol–water partition coefficient (Wildman–Crippen LogP) is 2.62. The molecule has 0 saturated carbocycles. The molecule has 1 aromatic rings. The Kier molecular flexibility index (Phi) is 5.76. The van der Waals surface area contributed by atoms with Gasteiger partial charge in [0.05, 0.1) is 12.0 Å². The summed E-state index contributed by atoms with van der Waals surface area (Å²) in [5.41, 5.74) is 1.05. The highest BCUT2D eigenvalue weighted by molar-refractivity contribution is 7.89. The van der Waals surface area contributed by atoms with Crippen LogP contribution in [0.3, 0.4) is 0 Å². The Bertz CT molecular complexity index is 644. The molecule has 0 heterocycles. The maximum Gasteiger partial charge on any atom is 0.326 e. The average Bonchev–Trinajstić information content (AvgIpc) is 2.35. The van der Waals surface area contributed by atoms with Gasteiger partial charge in [0.2, 0.25) is 10.0 Å². The maximum atomic E-state index is 12.8. The number of methoxy groups -OCH3 is 1. The van der Waals surface area contributed by atoms with Gasteiger partial charge in [0.1, 0.15) is 5.54 Å². The number of hydrogen-bond donors (Lipinski definition) is 1. The fourth-order valence-corrected chi connectivity index (χ4v) is 4.70. The van der Waals surface area contributed by atoms with E-state index in [9.17, 15) is 13.2 Å². The fraction of sp³-hybridized carbons (Fsp3) is 0.562. The fourth-order valence-electron chi connectivity index (χ4n) is 2.86. The van der Waals surface area contributed by atoms with Crippen LogP contribution in [0.15, 0.2) is 17.0 Å². The van der Waals surface area contributed by atoms with Gasteiger partial charge >= 0.3 is 5.97 Å². The first kappa shape index (κ1) is 18.6. The van der Waals surface area contributed by atoms with Crippen LogP contribution in [-0.2, 0) is 19.6 Å². The van der Waals surface area contributed by atoms with E-state index in [0.717, 1.165) is 5.56 Å². The van der Waals surface area contributed by atoms with Crippen molar-refractivity contribution in [1.29, 1.82) is 0 Å². The second kappa shape index (κ2) is 6.79. The minimum Gasteiger partial charge on any atom is -0.468 e. The number of nitrogens with one attached hydrogen (secondary N) is 1. The molecule has 0 spiro atoms. The lowest BCUT2D eigenvalue weighted by Crippen LogP contribution is -2.52. The van der Waals surface area contributed by atoms with Crippen LogP contribution in [0.5, 0.6) is 0 Å². The van der Waals surface area contributed by atoms with Crippen molar-refractivity contribution in [2.45, 2.75) is 57.9 Å². The second-order valence-electron chi connectivity index (χ2n) is 5.91. The summed E-state index contributed by atoms with van der Waals surface area (Å²) in [6.45, 7) is 8.86. The summed E-state index contributed by atoms with van der Waals surface area (Å²) in [7, 11) is -2.57. The molecule has 0 aliphatic carbocycles. The molecule has 0 fully saturated rings. The number of rotatable bonds is 6. The van der Waals surface area contributed by atoms with Crippen molar-refractivity contribution in [2.75, 3.05) is 7.11 Å². The van der Waals surface area contributed by atoms with Gasteiger partial charge in [-0.3, -0.25) is 4.79 Å². The van der Waals surface area contributed by atoms with Crippen molar-refractivity contribution in [2.24, 2.45) is 0 Å². The zero-order valence-electron chi connectivity index (χ0n) is 14.1. The van der Waals surface area contributed by atoms with Gasteiger partial charge in [-0.25, -0.2) is 8.42 Å².